The minimum Gasteiger partial charge on any atom is -0.355 e. The summed E-state index contributed by atoms with van der Waals surface area (Å²) < 4.78 is 0. The maximum atomic E-state index is 12.1. The van der Waals surface area contributed by atoms with E-state index in [1.807, 2.05) is 14.1 Å². The van der Waals surface area contributed by atoms with Crippen LogP contribution in [0.4, 0.5) is 0 Å². The van der Waals surface area contributed by atoms with E-state index in [-0.39, 0.29) is 23.8 Å². The Balaban J connectivity index is 1.73. The summed E-state index contributed by atoms with van der Waals surface area (Å²) in [6.07, 6.45) is 4.58. The lowest BCUT2D eigenvalue weighted by Gasteiger charge is -2.25. The highest BCUT2D eigenvalue weighted by Crippen LogP contribution is 2.24. The van der Waals surface area contributed by atoms with Gasteiger partial charge in [0.1, 0.15) is 0 Å². The van der Waals surface area contributed by atoms with Crippen molar-refractivity contribution in [3.63, 3.8) is 0 Å². The zero-order valence-electron chi connectivity index (χ0n) is 15.7. The van der Waals surface area contributed by atoms with E-state index in [0.29, 0.717) is 19.5 Å². The first kappa shape index (κ1) is 19.4. The predicted molar refractivity (Wildman–Crippen MR) is 100 cm³/mol. The monoisotopic (exact) mass is 345 g/mol. The molecule has 138 valence electrons. The van der Waals surface area contributed by atoms with Crippen molar-refractivity contribution in [3.8, 4) is 0 Å². The molecule has 2 N–H and O–H groups in total. The van der Waals surface area contributed by atoms with Gasteiger partial charge in [-0.3, -0.25) is 9.59 Å². The van der Waals surface area contributed by atoms with Crippen molar-refractivity contribution in [1.82, 2.24) is 15.5 Å². The van der Waals surface area contributed by atoms with Gasteiger partial charge in [-0.25, -0.2) is 0 Å². The molecule has 1 aliphatic carbocycles. The van der Waals surface area contributed by atoms with Crippen molar-refractivity contribution in [2.45, 2.75) is 45.1 Å². The molecule has 2 amide bonds. The number of amides is 2. The highest BCUT2D eigenvalue weighted by atomic mass is 16.2. The molecule has 0 bridgehead atoms. The summed E-state index contributed by atoms with van der Waals surface area (Å²) in [6, 6.07) is 8.53. The van der Waals surface area contributed by atoms with Gasteiger partial charge in [0.15, 0.2) is 0 Å². The molecular weight excluding hydrogens is 314 g/mol. The summed E-state index contributed by atoms with van der Waals surface area (Å²) in [5.41, 5.74) is 2.41. The van der Waals surface area contributed by atoms with Crippen molar-refractivity contribution in [2.75, 3.05) is 27.2 Å². The fourth-order valence-corrected chi connectivity index (χ4v) is 3.32. The van der Waals surface area contributed by atoms with E-state index in [1.54, 1.807) is 0 Å². The number of carbonyl (C=O) groups excluding carboxylic acids is 2. The van der Waals surface area contributed by atoms with Crippen LogP contribution in [0.25, 0.3) is 0 Å². The highest BCUT2D eigenvalue weighted by molar-refractivity contribution is 5.80. The summed E-state index contributed by atoms with van der Waals surface area (Å²) >= 11 is 0. The Bertz CT molecular complexity index is 563. The Morgan fingerprint density at radius 1 is 1.12 bits per heavy atom. The lowest BCUT2D eigenvalue weighted by atomic mass is 10.0. The summed E-state index contributed by atoms with van der Waals surface area (Å²) in [6.45, 7) is 3.04. The fourth-order valence-electron chi connectivity index (χ4n) is 3.32. The molecule has 1 aromatic rings. The number of likely N-dealkylation sites (N-methyl/N-ethyl adjacent to an activating group) is 1. The number of nitrogens with zero attached hydrogens (tertiary/aromatic N) is 1. The molecule has 0 heterocycles. The molecule has 0 saturated heterocycles. The zero-order chi connectivity index (χ0) is 18.2. The Hall–Kier alpha value is -1.88. The lowest BCUT2D eigenvalue weighted by Crippen LogP contribution is -2.37. The molecule has 0 unspecified atom stereocenters. The van der Waals surface area contributed by atoms with Gasteiger partial charge in [-0.15, -0.1) is 0 Å². The quantitative estimate of drug-likeness (QED) is 0.761. The Morgan fingerprint density at radius 2 is 1.76 bits per heavy atom. The van der Waals surface area contributed by atoms with Gasteiger partial charge in [-0.2, -0.15) is 0 Å². The van der Waals surface area contributed by atoms with Crippen molar-refractivity contribution in [1.29, 1.82) is 0 Å². The Morgan fingerprint density at radius 3 is 2.36 bits per heavy atom. The molecule has 1 aromatic carbocycles. The average molecular weight is 345 g/mol. The Labute approximate surface area is 151 Å². The average Bonchev–Trinajstić information content (AvgIpc) is 3.11. The molecule has 1 fully saturated rings. The largest absolute Gasteiger partial charge is 0.355 e. The highest BCUT2D eigenvalue weighted by Gasteiger charge is 2.22. The summed E-state index contributed by atoms with van der Waals surface area (Å²) in [7, 11) is 4.02. The van der Waals surface area contributed by atoms with Gasteiger partial charge in [-0.1, -0.05) is 42.7 Å². The molecule has 1 aliphatic rings. The molecule has 2 rings (SSSR count). The molecule has 5 nitrogen and oxygen atoms in total. The first-order chi connectivity index (χ1) is 12.0. The molecule has 5 heteroatoms. The molecule has 0 radical (unpaired) electrons. The van der Waals surface area contributed by atoms with Crippen molar-refractivity contribution >= 4 is 11.8 Å². The maximum absolute atomic E-state index is 12.1. The van der Waals surface area contributed by atoms with Gasteiger partial charge in [0.25, 0.3) is 0 Å². The number of benzene rings is 1. The predicted octanol–water partition coefficient (Wildman–Crippen LogP) is 2.41. The van der Waals surface area contributed by atoms with Gasteiger partial charge in [0.05, 0.1) is 6.04 Å². The molecule has 1 saturated carbocycles. The summed E-state index contributed by atoms with van der Waals surface area (Å²) in [5, 5.41) is 5.88. The van der Waals surface area contributed by atoms with E-state index < -0.39 is 0 Å². The van der Waals surface area contributed by atoms with E-state index in [0.717, 1.165) is 25.7 Å². The molecule has 1 atom stereocenters. The van der Waals surface area contributed by atoms with Crippen LogP contribution in [0.2, 0.25) is 0 Å². The van der Waals surface area contributed by atoms with Gasteiger partial charge in [0.2, 0.25) is 11.8 Å². The second-order valence-corrected chi connectivity index (χ2v) is 7.22. The van der Waals surface area contributed by atoms with Crippen LogP contribution in [0.15, 0.2) is 24.3 Å². The lowest BCUT2D eigenvalue weighted by molar-refractivity contribution is -0.125. The van der Waals surface area contributed by atoms with Crippen molar-refractivity contribution in [3.05, 3.63) is 35.4 Å². The van der Waals surface area contributed by atoms with Gasteiger partial charge in [0, 0.05) is 25.4 Å². The van der Waals surface area contributed by atoms with Crippen LogP contribution in [0, 0.1) is 12.8 Å². The van der Waals surface area contributed by atoms with Crippen LogP contribution < -0.4 is 10.6 Å². The third-order valence-corrected chi connectivity index (χ3v) is 4.96. The second-order valence-electron chi connectivity index (χ2n) is 7.22. The van der Waals surface area contributed by atoms with Crippen LogP contribution >= 0.6 is 0 Å². The normalized spacial score (nSPS) is 16.0. The van der Waals surface area contributed by atoms with Gasteiger partial charge >= 0.3 is 0 Å². The van der Waals surface area contributed by atoms with E-state index in [2.05, 4.69) is 46.7 Å². The topological polar surface area (TPSA) is 61.4 Å². The van der Waals surface area contributed by atoms with Crippen molar-refractivity contribution < 1.29 is 9.59 Å². The summed E-state index contributed by atoms with van der Waals surface area (Å²) in [5.74, 6) is 0.240. The summed E-state index contributed by atoms with van der Waals surface area (Å²) in [4.78, 5) is 26.1. The smallest absolute Gasteiger partial charge is 0.223 e. The van der Waals surface area contributed by atoms with Crippen LogP contribution in [-0.4, -0.2) is 43.9 Å². The number of aryl methyl sites for hydroxylation is 1. The molecular formula is C20H31N3O2. The van der Waals surface area contributed by atoms with Crippen LogP contribution in [0.5, 0.6) is 0 Å². The van der Waals surface area contributed by atoms with Gasteiger partial charge < -0.3 is 15.5 Å². The van der Waals surface area contributed by atoms with E-state index >= 15 is 0 Å². The first-order valence-corrected chi connectivity index (χ1v) is 9.24. The standard InChI is InChI=1S/C20H31N3O2/c1-15-8-10-16(11-9-15)18(23(2)3)14-22-19(24)12-13-21-20(25)17-6-4-5-7-17/h8-11,17-18H,4-7,12-14H2,1-3H3,(H,21,25)(H,22,24)/t18-/m1/s1. The molecule has 25 heavy (non-hydrogen) atoms. The van der Waals surface area contributed by atoms with E-state index in [1.165, 1.54) is 11.1 Å². The molecule has 0 spiro atoms. The number of carbonyl (C=O) groups is 2. The number of nitrogens with one attached hydrogen (secondary N) is 2. The van der Waals surface area contributed by atoms with E-state index in [4.69, 9.17) is 0 Å². The number of hydrogen-bond acceptors (Lipinski definition) is 3. The SMILES string of the molecule is Cc1ccc([C@@H](CNC(=O)CCNC(=O)C2CCCC2)N(C)C)cc1. The number of hydrogen-bond donors (Lipinski definition) is 2. The zero-order valence-corrected chi connectivity index (χ0v) is 15.7. The third-order valence-electron chi connectivity index (χ3n) is 4.96. The van der Waals surface area contributed by atoms with Gasteiger partial charge in [-0.05, 0) is 39.4 Å². The Kier molecular flexibility index (Phi) is 7.44. The van der Waals surface area contributed by atoms with Crippen LogP contribution in [0.1, 0.15) is 49.3 Å². The maximum Gasteiger partial charge on any atom is 0.223 e. The van der Waals surface area contributed by atoms with E-state index in [9.17, 15) is 9.59 Å². The fraction of sp³-hybridized carbons (Fsp3) is 0.600. The third kappa shape index (κ3) is 6.16. The number of rotatable bonds is 8. The molecule has 0 aromatic heterocycles. The second kappa shape index (κ2) is 9.56. The van der Waals surface area contributed by atoms with Crippen LogP contribution in [-0.2, 0) is 9.59 Å². The molecule has 0 aliphatic heterocycles. The first-order valence-electron chi connectivity index (χ1n) is 9.24. The minimum atomic E-state index is -0.0225. The minimum absolute atomic E-state index is 0.0225. The van der Waals surface area contributed by atoms with Crippen LogP contribution in [0.3, 0.4) is 0 Å². The van der Waals surface area contributed by atoms with Crippen molar-refractivity contribution in [2.24, 2.45) is 5.92 Å².